The Hall–Kier alpha value is -1.55. The van der Waals surface area contributed by atoms with Crippen LogP contribution >= 0.6 is 0 Å². The maximum atomic E-state index is 11.7. The van der Waals surface area contributed by atoms with E-state index >= 15 is 0 Å². The highest BCUT2D eigenvalue weighted by Crippen LogP contribution is 2.18. The van der Waals surface area contributed by atoms with Crippen molar-refractivity contribution < 1.29 is 9.53 Å². The van der Waals surface area contributed by atoms with E-state index in [1.807, 2.05) is 52.9 Å². The maximum absolute atomic E-state index is 11.7. The molecule has 0 aliphatic rings. The second-order valence-electron chi connectivity index (χ2n) is 5.32. The number of amides is 1. The van der Waals surface area contributed by atoms with E-state index in [2.05, 4.69) is 10.6 Å². The lowest BCUT2D eigenvalue weighted by molar-refractivity contribution is 0.0636. The fourth-order valence-electron chi connectivity index (χ4n) is 1.59. The monoisotopic (exact) mass is 250 g/mol. The van der Waals surface area contributed by atoms with E-state index in [4.69, 9.17) is 4.74 Å². The molecule has 0 fully saturated rings. The molecule has 4 nitrogen and oxygen atoms in total. The third kappa shape index (κ3) is 4.75. The Balaban J connectivity index is 2.80. The molecule has 0 unspecified atom stereocenters. The number of ether oxygens (including phenoxy) is 1. The zero-order chi connectivity index (χ0) is 13.8. The van der Waals surface area contributed by atoms with Gasteiger partial charge in [-0.15, -0.1) is 0 Å². The molecule has 0 radical (unpaired) electrons. The van der Waals surface area contributed by atoms with Gasteiger partial charge >= 0.3 is 6.09 Å². The van der Waals surface area contributed by atoms with Crippen molar-refractivity contribution in [2.45, 2.75) is 39.8 Å². The fraction of sp³-hybridized carbons (Fsp3) is 0.500. The van der Waals surface area contributed by atoms with E-state index in [1.165, 1.54) is 0 Å². The van der Waals surface area contributed by atoms with Crippen molar-refractivity contribution in [3.8, 4) is 0 Å². The molecular weight excluding hydrogens is 228 g/mol. The third-order valence-electron chi connectivity index (χ3n) is 2.26. The van der Waals surface area contributed by atoms with Crippen LogP contribution in [-0.4, -0.2) is 18.7 Å². The van der Waals surface area contributed by atoms with Gasteiger partial charge in [0.15, 0.2) is 0 Å². The molecule has 0 heterocycles. The summed E-state index contributed by atoms with van der Waals surface area (Å²) in [5.41, 5.74) is 2.50. The minimum atomic E-state index is -0.488. The van der Waals surface area contributed by atoms with Gasteiger partial charge in [0.05, 0.1) is 0 Å². The minimum Gasteiger partial charge on any atom is -0.444 e. The van der Waals surface area contributed by atoms with Gasteiger partial charge in [-0.3, -0.25) is 5.32 Å². The summed E-state index contributed by atoms with van der Waals surface area (Å²) >= 11 is 0. The summed E-state index contributed by atoms with van der Waals surface area (Å²) in [6, 6.07) is 5.90. The van der Waals surface area contributed by atoms with Crippen LogP contribution in [0.1, 0.15) is 31.9 Å². The molecule has 0 bridgehead atoms. The number of hydrogen-bond acceptors (Lipinski definition) is 3. The van der Waals surface area contributed by atoms with Gasteiger partial charge in [0.2, 0.25) is 0 Å². The molecule has 4 heteroatoms. The molecular formula is C14H22N2O2. The van der Waals surface area contributed by atoms with Crippen LogP contribution in [0.5, 0.6) is 0 Å². The second kappa shape index (κ2) is 5.87. The van der Waals surface area contributed by atoms with Gasteiger partial charge in [0.1, 0.15) is 5.60 Å². The lowest BCUT2D eigenvalue weighted by Crippen LogP contribution is -2.27. The summed E-state index contributed by atoms with van der Waals surface area (Å²) in [5.74, 6) is 0. The van der Waals surface area contributed by atoms with Crippen LogP contribution < -0.4 is 10.6 Å². The molecule has 0 saturated carbocycles. The van der Waals surface area contributed by atoms with Gasteiger partial charge in [-0.2, -0.15) is 0 Å². The Morgan fingerprint density at radius 1 is 1.33 bits per heavy atom. The molecule has 0 aliphatic carbocycles. The molecule has 1 amide bonds. The summed E-state index contributed by atoms with van der Waals surface area (Å²) in [6.07, 6.45) is -0.427. The second-order valence-corrected chi connectivity index (χ2v) is 5.32. The number of hydrogen-bond donors (Lipinski definition) is 2. The van der Waals surface area contributed by atoms with Crippen molar-refractivity contribution in [3.05, 3.63) is 29.3 Å². The molecule has 0 spiro atoms. The predicted molar refractivity (Wildman–Crippen MR) is 73.8 cm³/mol. The lowest BCUT2D eigenvalue weighted by atomic mass is 10.1. The smallest absolute Gasteiger partial charge is 0.412 e. The molecule has 100 valence electrons. The summed E-state index contributed by atoms with van der Waals surface area (Å²) in [4.78, 5) is 11.7. The van der Waals surface area contributed by atoms with Crippen LogP contribution in [0, 0.1) is 6.92 Å². The number of anilines is 1. The average molecular weight is 250 g/mol. The highest BCUT2D eigenvalue weighted by molar-refractivity contribution is 5.86. The summed E-state index contributed by atoms with van der Waals surface area (Å²) in [7, 11) is 1.87. The molecule has 2 N–H and O–H groups in total. The average Bonchev–Trinajstić information content (AvgIpc) is 2.20. The Kier molecular flexibility index (Phi) is 4.73. The van der Waals surface area contributed by atoms with Crippen molar-refractivity contribution in [2.24, 2.45) is 0 Å². The van der Waals surface area contributed by atoms with Crippen molar-refractivity contribution in [3.63, 3.8) is 0 Å². The van der Waals surface area contributed by atoms with Crippen LogP contribution in [-0.2, 0) is 11.3 Å². The van der Waals surface area contributed by atoms with E-state index in [0.29, 0.717) is 6.54 Å². The fourth-order valence-corrected chi connectivity index (χ4v) is 1.59. The SMILES string of the molecule is CNCc1cc(C)ccc1NC(=O)OC(C)(C)C. The number of benzene rings is 1. The molecule has 1 aromatic carbocycles. The highest BCUT2D eigenvalue weighted by Gasteiger charge is 2.17. The van der Waals surface area contributed by atoms with Gasteiger partial charge in [0, 0.05) is 12.2 Å². The molecule has 1 rings (SSSR count). The van der Waals surface area contributed by atoms with Crippen LogP contribution in [0.15, 0.2) is 18.2 Å². The number of aryl methyl sites for hydroxylation is 1. The highest BCUT2D eigenvalue weighted by atomic mass is 16.6. The van der Waals surface area contributed by atoms with E-state index in [-0.39, 0.29) is 0 Å². The number of rotatable bonds is 3. The van der Waals surface area contributed by atoms with Gasteiger partial charge in [-0.05, 0) is 46.4 Å². The first-order valence-corrected chi connectivity index (χ1v) is 6.06. The van der Waals surface area contributed by atoms with Crippen molar-refractivity contribution >= 4 is 11.8 Å². The maximum Gasteiger partial charge on any atom is 0.412 e. The van der Waals surface area contributed by atoms with Crippen LogP contribution in [0.3, 0.4) is 0 Å². The van der Waals surface area contributed by atoms with Gasteiger partial charge < -0.3 is 10.1 Å². The molecule has 1 aromatic rings. The third-order valence-corrected chi connectivity index (χ3v) is 2.26. The molecule has 0 aromatic heterocycles. The Bertz CT molecular complexity index is 422. The zero-order valence-corrected chi connectivity index (χ0v) is 11.8. The Morgan fingerprint density at radius 3 is 2.56 bits per heavy atom. The number of nitrogens with one attached hydrogen (secondary N) is 2. The normalized spacial score (nSPS) is 11.2. The summed E-state index contributed by atoms with van der Waals surface area (Å²) in [6.45, 7) is 8.26. The molecule has 0 aliphatic heterocycles. The van der Waals surface area contributed by atoms with Crippen LogP contribution in [0.4, 0.5) is 10.5 Å². The molecule has 0 atom stereocenters. The van der Waals surface area contributed by atoms with E-state index < -0.39 is 11.7 Å². The van der Waals surface area contributed by atoms with Gasteiger partial charge in [-0.1, -0.05) is 17.7 Å². The van der Waals surface area contributed by atoms with Crippen LogP contribution in [0.2, 0.25) is 0 Å². The quantitative estimate of drug-likeness (QED) is 0.866. The van der Waals surface area contributed by atoms with Crippen LogP contribution in [0.25, 0.3) is 0 Å². The number of carbonyl (C=O) groups is 1. The van der Waals surface area contributed by atoms with Crippen molar-refractivity contribution in [1.82, 2.24) is 5.32 Å². The molecule has 18 heavy (non-hydrogen) atoms. The zero-order valence-electron chi connectivity index (χ0n) is 11.8. The lowest BCUT2D eigenvalue weighted by Gasteiger charge is -2.20. The Labute approximate surface area is 109 Å². The van der Waals surface area contributed by atoms with Crippen molar-refractivity contribution in [1.29, 1.82) is 0 Å². The first kappa shape index (κ1) is 14.5. The standard InChI is InChI=1S/C14H22N2O2/c1-10-6-7-12(11(8-10)9-15-5)16-13(17)18-14(2,3)4/h6-8,15H,9H2,1-5H3,(H,16,17). The van der Waals surface area contributed by atoms with E-state index in [0.717, 1.165) is 16.8 Å². The Morgan fingerprint density at radius 2 is 2.00 bits per heavy atom. The number of carbonyl (C=O) groups excluding carboxylic acids is 1. The largest absolute Gasteiger partial charge is 0.444 e. The molecule has 0 saturated heterocycles. The topological polar surface area (TPSA) is 50.4 Å². The first-order chi connectivity index (χ1) is 8.31. The van der Waals surface area contributed by atoms with Crippen molar-refractivity contribution in [2.75, 3.05) is 12.4 Å². The summed E-state index contributed by atoms with van der Waals surface area (Å²) in [5, 5.41) is 5.86. The van der Waals surface area contributed by atoms with Gasteiger partial charge in [0.25, 0.3) is 0 Å². The minimum absolute atomic E-state index is 0.427. The van der Waals surface area contributed by atoms with Gasteiger partial charge in [-0.25, -0.2) is 4.79 Å². The first-order valence-electron chi connectivity index (χ1n) is 6.06. The predicted octanol–water partition coefficient (Wildman–Crippen LogP) is 3.06. The van der Waals surface area contributed by atoms with E-state index in [9.17, 15) is 4.79 Å². The van der Waals surface area contributed by atoms with E-state index in [1.54, 1.807) is 0 Å². The summed E-state index contributed by atoms with van der Waals surface area (Å²) < 4.78 is 5.23.